The Labute approximate surface area is 234 Å². The molecule has 1 atom stereocenters. The fourth-order valence-electron chi connectivity index (χ4n) is 4.64. The van der Waals surface area contributed by atoms with Crippen LogP contribution >= 0.6 is 0 Å². The van der Waals surface area contributed by atoms with E-state index < -0.39 is 6.04 Å². The Balaban J connectivity index is 1.38. The van der Waals surface area contributed by atoms with Gasteiger partial charge in [-0.05, 0) is 49.7 Å². The van der Waals surface area contributed by atoms with Crippen molar-refractivity contribution in [3.05, 3.63) is 101 Å². The van der Waals surface area contributed by atoms with E-state index in [4.69, 9.17) is 4.52 Å². The van der Waals surface area contributed by atoms with Gasteiger partial charge in [-0.2, -0.15) is 4.98 Å². The Bertz CT molecular complexity index is 1840. The molecule has 0 bridgehead atoms. The van der Waals surface area contributed by atoms with Crippen LogP contribution in [0, 0.1) is 0 Å². The van der Waals surface area contributed by atoms with E-state index in [1.807, 2.05) is 79.2 Å². The summed E-state index contributed by atoms with van der Waals surface area (Å²) in [5, 5.41) is 24.6. The molecular weight excluding hydrogens is 520 g/mol. The highest BCUT2D eigenvalue weighted by Gasteiger charge is 2.20. The summed E-state index contributed by atoms with van der Waals surface area (Å²) in [6.07, 6.45) is 3.30. The van der Waals surface area contributed by atoms with Crippen molar-refractivity contribution in [3.8, 4) is 23.0 Å². The Morgan fingerprint density at radius 1 is 1.02 bits per heavy atom. The number of aliphatic hydroxyl groups excluding tert-OH is 1. The lowest BCUT2D eigenvalue weighted by atomic mass is 10.1. The van der Waals surface area contributed by atoms with Crippen LogP contribution in [0.15, 0.2) is 94.5 Å². The van der Waals surface area contributed by atoms with Crippen LogP contribution < -0.4 is 16.2 Å². The van der Waals surface area contributed by atoms with Crippen LogP contribution in [0.1, 0.15) is 31.5 Å². The third-order valence-electron chi connectivity index (χ3n) is 6.68. The molecule has 0 spiro atoms. The third kappa shape index (κ3) is 5.30. The van der Waals surface area contributed by atoms with Crippen molar-refractivity contribution in [1.29, 1.82) is 0 Å². The molecule has 2 aromatic carbocycles. The molecule has 4 heterocycles. The maximum absolute atomic E-state index is 12.4. The highest BCUT2D eigenvalue weighted by molar-refractivity contribution is 5.84. The first-order chi connectivity index (χ1) is 20.0. The van der Waals surface area contributed by atoms with Gasteiger partial charge < -0.3 is 20.3 Å². The van der Waals surface area contributed by atoms with Crippen molar-refractivity contribution < 1.29 is 9.63 Å². The van der Waals surface area contributed by atoms with Crippen molar-refractivity contribution in [2.75, 3.05) is 17.2 Å². The van der Waals surface area contributed by atoms with E-state index in [-0.39, 0.29) is 24.1 Å². The molecule has 6 aromatic rings. The summed E-state index contributed by atoms with van der Waals surface area (Å²) in [7, 11) is 0. The van der Waals surface area contributed by atoms with Crippen molar-refractivity contribution in [2.24, 2.45) is 0 Å². The molecule has 0 radical (unpaired) electrons. The summed E-state index contributed by atoms with van der Waals surface area (Å²) in [5.74, 6) is 1.15. The summed E-state index contributed by atoms with van der Waals surface area (Å²) in [6.45, 7) is 3.87. The van der Waals surface area contributed by atoms with Crippen LogP contribution in [0.2, 0.25) is 0 Å². The van der Waals surface area contributed by atoms with E-state index in [2.05, 4.69) is 35.8 Å². The fraction of sp³-hybridized carbons (Fsp3) is 0.167. The van der Waals surface area contributed by atoms with Gasteiger partial charge in [0, 0.05) is 30.2 Å². The molecule has 0 aliphatic rings. The summed E-state index contributed by atoms with van der Waals surface area (Å²) in [4.78, 5) is 25.8. The van der Waals surface area contributed by atoms with Crippen LogP contribution in [-0.4, -0.2) is 41.6 Å². The quantitative estimate of drug-likeness (QED) is 0.189. The number of hydrogen-bond acceptors (Lipinski definition) is 9. The van der Waals surface area contributed by atoms with Crippen molar-refractivity contribution in [2.45, 2.75) is 25.9 Å². The van der Waals surface area contributed by atoms with E-state index >= 15 is 0 Å². The normalized spacial score (nSPS) is 12.1. The van der Waals surface area contributed by atoms with Gasteiger partial charge in [-0.3, -0.25) is 19.6 Å². The Kier molecular flexibility index (Phi) is 7.00. The molecule has 206 valence electrons. The van der Waals surface area contributed by atoms with Gasteiger partial charge in [0.05, 0.1) is 34.8 Å². The number of anilines is 3. The predicted octanol–water partition coefficient (Wildman–Crippen LogP) is 5.31. The smallest absolute Gasteiger partial charge is 0.271 e. The number of nitrogens with zero attached hydrogens (tertiary/aromatic N) is 5. The van der Waals surface area contributed by atoms with Gasteiger partial charge in [-0.1, -0.05) is 41.6 Å². The summed E-state index contributed by atoms with van der Waals surface area (Å²) < 4.78 is 7.45. The lowest BCUT2D eigenvalue weighted by Gasteiger charge is -2.20. The zero-order chi connectivity index (χ0) is 28.3. The molecule has 0 saturated carbocycles. The maximum Gasteiger partial charge on any atom is 0.271 e. The number of aromatic amines is 1. The van der Waals surface area contributed by atoms with Gasteiger partial charge in [-0.15, -0.1) is 0 Å². The molecular formula is C30H28N8O3. The molecule has 0 aliphatic heterocycles. The number of aromatic nitrogens is 6. The number of fused-ring (bicyclic) bond motifs is 1. The Hall–Kier alpha value is -5.29. The maximum atomic E-state index is 12.4. The van der Waals surface area contributed by atoms with E-state index in [0.717, 1.165) is 16.8 Å². The second kappa shape index (κ2) is 11.1. The van der Waals surface area contributed by atoms with Gasteiger partial charge in [0.25, 0.3) is 11.4 Å². The first kappa shape index (κ1) is 26.0. The highest BCUT2D eigenvalue weighted by Crippen LogP contribution is 2.33. The van der Waals surface area contributed by atoms with Crippen LogP contribution in [0.25, 0.3) is 33.9 Å². The molecule has 41 heavy (non-hydrogen) atoms. The zero-order valence-corrected chi connectivity index (χ0v) is 22.4. The molecule has 11 heteroatoms. The monoisotopic (exact) mass is 548 g/mol. The minimum Gasteiger partial charge on any atom is -0.394 e. The minimum atomic E-state index is -0.403. The summed E-state index contributed by atoms with van der Waals surface area (Å²) >= 11 is 0. The van der Waals surface area contributed by atoms with Crippen molar-refractivity contribution >= 4 is 28.1 Å². The Morgan fingerprint density at radius 2 is 1.85 bits per heavy atom. The lowest BCUT2D eigenvalue weighted by Crippen LogP contribution is -2.15. The second-order valence-corrected chi connectivity index (χ2v) is 9.81. The number of rotatable bonds is 9. The molecule has 4 N–H and O–H groups in total. The third-order valence-corrected chi connectivity index (χ3v) is 6.68. The molecule has 11 nitrogen and oxygen atoms in total. The lowest BCUT2D eigenvalue weighted by molar-refractivity contribution is 0.276. The first-order valence-electron chi connectivity index (χ1n) is 13.2. The van der Waals surface area contributed by atoms with Gasteiger partial charge >= 0.3 is 0 Å². The SMILES string of the molecule is CC(C)n1[nH]c(=O)c2ccc(Nc3cc(N[C@H](CO)c4ccccc4)c(-c4nc(-c5ccccn5)no4)cn3)cc21. The van der Waals surface area contributed by atoms with E-state index in [1.54, 1.807) is 24.5 Å². The number of H-pyrrole nitrogens is 1. The summed E-state index contributed by atoms with van der Waals surface area (Å²) in [6, 6.07) is 22.2. The molecule has 0 unspecified atom stereocenters. The average molecular weight is 549 g/mol. The number of aliphatic hydroxyl groups is 1. The van der Waals surface area contributed by atoms with Crippen LogP contribution in [0.4, 0.5) is 17.2 Å². The molecule has 4 aromatic heterocycles. The van der Waals surface area contributed by atoms with E-state index in [9.17, 15) is 9.90 Å². The van der Waals surface area contributed by atoms with Gasteiger partial charge in [0.15, 0.2) is 0 Å². The Morgan fingerprint density at radius 3 is 2.61 bits per heavy atom. The standard InChI is InChI=1S/C30H28N8O3/c1-18(2)38-26-14-20(11-12-21(26)29(40)36-38)33-27-15-24(34-25(17-39)19-8-4-3-5-9-19)22(16-32-27)30-35-28(37-41-30)23-10-6-7-13-31-23/h3-16,18,25,39H,17H2,1-2H3,(H,36,40)(H2,32,33,34)/t25-/m1/s1. The molecule has 6 rings (SSSR count). The molecule has 0 saturated heterocycles. The average Bonchev–Trinajstić information content (AvgIpc) is 3.62. The topological polar surface area (TPSA) is 147 Å². The van der Waals surface area contributed by atoms with Gasteiger partial charge in [-0.25, -0.2) is 4.98 Å². The number of hydrogen-bond donors (Lipinski definition) is 4. The van der Waals surface area contributed by atoms with Crippen LogP contribution in [0.5, 0.6) is 0 Å². The largest absolute Gasteiger partial charge is 0.394 e. The molecule has 0 fully saturated rings. The number of nitrogens with one attached hydrogen (secondary N) is 3. The van der Waals surface area contributed by atoms with E-state index in [1.165, 1.54) is 0 Å². The van der Waals surface area contributed by atoms with Gasteiger partial charge in [0.1, 0.15) is 11.5 Å². The van der Waals surface area contributed by atoms with Gasteiger partial charge in [0.2, 0.25) is 5.82 Å². The highest BCUT2D eigenvalue weighted by atomic mass is 16.5. The van der Waals surface area contributed by atoms with Crippen LogP contribution in [-0.2, 0) is 0 Å². The number of benzene rings is 2. The molecule has 0 amide bonds. The fourth-order valence-corrected chi connectivity index (χ4v) is 4.64. The van der Waals surface area contributed by atoms with E-state index in [0.29, 0.717) is 34.0 Å². The van der Waals surface area contributed by atoms with Crippen LogP contribution in [0.3, 0.4) is 0 Å². The minimum absolute atomic E-state index is 0.0856. The van der Waals surface area contributed by atoms with Crippen molar-refractivity contribution in [1.82, 2.24) is 29.9 Å². The summed E-state index contributed by atoms with van der Waals surface area (Å²) in [5.41, 5.74) is 4.11. The molecule has 0 aliphatic carbocycles. The predicted molar refractivity (Wildman–Crippen MR) is 157 cm³/mol. The van der Waals surface area contributed by atoms with Crippen molar-refractivity contribution in [3.63, 3.8) is 0 Å². The zero-order valence-electron chi connectivity index (χ0n) is 22.4. The first-order valence-corrected chi connectivity index (χ1v) is 13.2. The second-order valence-electron chi connectivity index (χ2n) is 9.81. The number of pyridine rings is 2.